The van der Waals surface area contributed by atoms with Crippen LogP contribution in [0, 0.1) is 5.92 Å². The van der Waals surface area contributed by atoms with E-state index in [-0.39, 0.29) is 6.41 Å². The Bertz CT molecular complexity index is 202. The summed E-state index contributed by atoms with van der Waals surface area (Å²) in [7, 11) is 0. The number of rotatable bonds is 5. The molecule has 0 aromatic rings. The first-order chi connectivity index (χ1) is 5.50. The van der Waals surface area contributed by atoms with Crippen LogP contribution >= 0.6 is 0 Å². The SMILES string of the molecule is CC(C(=O)O)[C@H](NC=O)C(=O)O. The maximum atomic E-state index is 10.4. The van der Waals surface area contributed by atoms with Crippen LogP contribution in [0.25, 0.3) is 0 Å². The van der Waals surface area contributed by atoms with Gasteiger partial charge in [0.1, 0.15) is 6.04 Å². The van der Waals surface area contributed by atoms with Crippen LogP contribution in [0.5, 0.6) is 0 Å². The zero-order valence-electron chi connectivity index (χ0n) is 6.35. The fourth-order valence-corrected chi connectivity index (χ4v) is 0.645. The summed E-state index contributed by atoms with van der Waals surface area (Å²) in [5.41, 5.74) is 0. The predicted molar refractivity (Wildman–Crippen MR) is 37.4 cm³/mol. The molecule has 1 amide bonds. The van der Waals surface area contributed by atoms with Crippen molar-refractivity contribution in [1.82, 2.24) is 5.32 Å². The minimum Gasteiger partial charge on any atom is -0.481 e. The Kier molecular flexibility index (Phi) is 3.75. The van der Waals surface area contributed by atoms with Crippen LogP contribution in [0.2, 0.25) is 0 Å². The topological polar surface area (TPSA) is 104 Å². The summed E-state index contributed by atoms with van der Waals surface area (Å²) in [6, 6.07) is -1.38. The highest BCUT2D eigenvalue weighted by molar-refractivity contribution is 5.84. The highest BCUT2D eigenvalue weighted by Gasteiger charge is 2.29. The van der Waals surface area contributed by atoms with E-state index >= 15 is 0 Å². The van der Waals surface area contributed by atoms with Gasteiger partial charge in [-0.3, -0.25) is 9.59 Å². The Morgan fingerprint density at radius 2 is 1.83 bits per heavy atom. The Morgan fingerprint density at radius 3 is 2.08 bits per heavy atom. The van der Waals surface area contributed by atoms with Gasteiger partial charge in [-0.15, -0.1) is 0 Å². The first-order valence-electron chi connectivity index (χ1n) is 3.16. The quantitative estimate of drug-likeness (QED) is 0.460. The van der Waals surface area contributed by atoms with Gasteiger partial charge in [-0.05, 0) is 6.92 Å². The Balaban J connectivity index is 4.38. The molecule has 0 aliphatic heterocycles. The summed E-state index contributed by atoms with van der Waals surface area (Å²) in [4.78, 5) is 30.5. The number of aliphatic carboxylic acids is 2. The smallest absolute Gasteiger partial charge is 0.327 e. The highest BCUT2D eigenvalue weighted by Crippen LogP contribution is 2.02. The number of hydrogen-bond donors (Lipinski definition) is 3. The molecule has 0 radical (unpaired) electrons. The van der Waals surface area contributed by atoms with E-state index in [9.17, 15) is 14.4 Å². The minimum atomic E-state index is -1.38. The lowest BCUT2D eigenvalue weighted by Crippen LogP contribution is -2.44. The van der Waals surface area contributed by atoms with Gasteiger partial charge in [0.15, 0.2) is 0 Å². The molecule has 0 aliphatic rings. The molecule has 68 valence electrons. The van der Waals surface area contributed by atoms with Gasteiger partial charge in [0.2, 0.25) is 6.41 Å². The predicted octanol–water partition coefficient (Wildman–Crippen LogP) is -1.09. The van der Waals surface area contributed by atoms with Gasteiger partial charge >= 0.3 is 11.9 Å². The first kappa shape index (κ1) is 10.4. The largest absolute Gasteiger partial charge is 0.481 e. The second-order valence-electron chi connectivity index (χ2n) is 2.23. The van der Waals surface area contributed by atoms with Crippen LogP contribution in [0.1, 0.15) is 6.92 Å². The third kappa shape index (κ3) is 2.57. The van der Waals surface area contributed by atoms with Crippen LogP contribution in [-0.2, 0) is 14.4 Å². The summed E-state index contributed by atoms with van der Waals surface area (Å²) in [6.45, 7) is 1.21. The van der Waals surface area contributed by atoms with Crippen molar-refractivity contribution < 1.29 is 24.6 Å². The molecule has 12 heavy (non-hydrogen) atoms. The second-order valence-corrected chi connectivity index (χ2v) is 2.23. The molecule has 0 aromatic carbocycles. The molecule has 3 N–H and O–H groups in total. The van der Waals surface area contributed by atoms with E-state index in [0.717, 1.165) is 0 Å². The molecule has 2 atom stereocenters. The van der Waals surface area contributed by atoms with E-state index in [2.05, 4.69) is 0 Å². The fourth-order valence-electron chi connectivity index (χ4n) is 0.645. The van der Waals surface area contributed by atoms with Gasteiger partial charge in [0, 0.05) is 0 Å². The number of nitrogens with one attached hydrogen (secondary N) is 1. The van der Waals surface area contributed by atoms with E-state index < -0.39 is 23.9 Å². The number of amides is 1. The molecule has 0 fully saturated rings. The van der Waals surface area contributed by atoms with Crippen molar-refractivity contribution in [2.45, 2.75) is 13.0 Å². The van der Waals surface area contributed by atoms with E-state index in [1.807, 2.05) is 5.32 Å². The second kappa shape index (κ2) is 4.32. The zero-order valence-corrected chi connectivity index (χ0v) is 6.35. The number of carboxylic acid groups (broad SMARTS) is 2. The monoisotopic (exact) mass is 175 g/mol. The van der Waals surface area contributed by atoms with E-state index in [1.54, 1.807) is 0 Å². The third-order valence-corrected chi connectivity index (χ3v) is 1.40. The maximum absolute atomic E-state index is 10.4. The zero-order chi connectivity index (χ0) is 9.72. The maximum Gasteiger partial charge on any atom is 0.327 e. The van der Waals surface area contributed by atoms with Crippen LogP contribution in [-0.4, -0.2) is 34.6 Å². The van der Waals surface area contributed by atoms with Crippen molar-refractivity contribution in [3.63, 3.8) is 0 Å². The van der Waals surface area contributed by atoms with Crippen LogP contribution in [0.15, 0.2) is 0 Å². The molecule has 0 saturated carbocycles. The Morgan fingerprint density at radius 1 is 1.33 bits per heavy atom. The van der Waals surface area contributed by atoms with Gasteiger partial charge in [-0.25, -0.2) is 4.79 Å². The van der Waals surface area contributed by atoms with Gasteiger partial charge in [0.25, 0.3) is 0 Å². The van der Waals surface area contributed by atoms with Crippen molar-refractivity contribution in [2.24, 2.45) is 5.92 Å². The molecule has 0 aromatic heterocycles. The van der Waals surface area contributed by atoms with Gasteiger partial charge < -0.3 is 15.5 Å². The van der Waals surface area contributed by atoms with Crippen LogP contribution in [0.4, 0.5) is 0 Å². The number of carboxylic acids is 2. The minimum absolute atomic E-state index is 0.165. The number of carbonyl (C=O) groups is 3. The van der Waals surface area contributed by atoms with Crippen LogP contribution < -0.4 is 5.32 Å². The molecule has 0 heterocycles. The van der Waals surface area contributed by atoms with Crippen molar-refractivity contribution in [2.75, 3.05) is 0 Å². The lowest BCUT2D eigenvalue weighted by atomic mass is 10.0. The van der Waals surface area contributed by atoms with Crippen molar-refractivity contribution in [3.8, 4) is 0 Å². The molecule has 0 spiro atoms. The highest BCUT2D eigenvalue weighted by atomic mass is 16.4. The van der Waals surface area contributed by atoms with E-state index in [1.165, 1.54) is 6.92 Å². The van der Waals surface area contributed by atoms with Crippen molar-refractivity contribution >= 4 is 18.3 Å². The molecule has 6 nitrogen and oxygen atoms in total. The standard InChI is InChI=1S/C6H9NO5/c1-3(5(9)10)4(6(11)12)7-2-8/h2-4H,1H3,(H,7,8)(H,9,10)(H,11,12)/t3?,4-/m0/s1. The molecular weight excluding hydrogens is 166 g/mol. The van der Waals surface area contributed by atoms with Gasteiger partial charge in [-0.1, -0.05) is 0 Å². The van der Waals surface area contributed by atoms with E-state index in [4.69, 9.17) is 10.2 Å². The van der Waals surface area contributed by atoms with Gasteiger partial charge in [-0.2, -0.15) is 0 Å². The fraction of sp³-hybridized carbons (Fsp3) is 0.500. The molecule has 0 rings (SSSR count). The first-order valence-corrected chi connectivity index (χ1v) is 3.16. The summed E-state index contributed by atoms with van der Waals surface area (Å²) in [6.07, 6.45) is 0.165. The summed E-state index contributed by atoms with van der Waals surface area (Å²) in [5, 5.41) is 18.7. The molecule has 0 saturated heterocycles. The summed E-state index contributed by atoms with van der Waals surface area (Å²) in [5.74, 6) is -3.78. The number of hydrogen-bond acceptors (Lipinski definition) is 3. The van der Waals surface area contributed by atoms with Crippen LogP contribution in [0.3, 0.4) is 0 Å². The van der Waals surface area contributed by atoms with Crippen molar-refractivity contribution in [3.05, 3.63) is 0 Å². The van der Waals surface area contributed by atoms with Gasteiger partial charge in [0.05, 0.1) is 5.92 Å². The average Bonchev–Trinajstić information content (AvgIpc) is 1.98. The Labute approximate surface area is 68.2 Å². The normalized spacial score (nSPS) is 14.4. The Hall–Kier alpha value is -1.59. The number of carbonyl (C=O) groups excluding carboxylic acids is 1. The summed E-state index contributed by atoms with van der Waals surface area (Å²) >= 11 is 0. The third-order valence-electron chi connectivity index (χ3n) is 1.40. The lowest BCUT2D eigenvalue weighted by Gasteiger charge is -2.14. The molecule has 1 unspecified atom stereocenters. The average molecular weight is 175 g/mol. The van der Waals surface area contributed by atoms with Crippen molar-refractivity contribution in [1.29, 1.82) is 0 Å². The molecule has 6 heteroatoms. The van der Waals surface area contributed by atoms with E-state index in [0.29, 0.717) is 0 Å². The molecular formula is C6H9NO5. The molecule has 0 bridgehead atoms. The summed E-state index contributed by atoms with van der Waals surface area (Å²) < 4.78 is 0. The lowest BCUT2D eigenvalue weighted by molar-refractivity contribution is -0.150. The molecule has 0 aliphatic carbocycles.